The average molecular weight is 531 g/mol. The number of nitrogens with zero attached hydrogens (tertiary/aromatic N) is 5. The van der Waals surface area contributed by atoms with Crippen LogP contribution in [0.25, 0.3) is 21.5 Å². The SMILES string of the molecule is COc1cccc(C[C@H](N=[N+]=[N-])[C@H](O)CN(CC(C)C)S(=O)(=O)c2ccc3nc(NC(C)C)oc3c2)c1. The molecule has 0 aliphatic heterocycles. The number of aliphatic hydroxyl groups is 1. The van der Waals surface area contributed by atoms with Crippen LogP contribution < -0.4 is 10.1 Å². The van der Waals surface area contributed by atoms with Gasteiger partial charge in [-0.3, -0.25) is 0 Å². The number of sulfonamides is 1. The van der Waals surface area contributed by atoms with E-state index in [9.17, 15) is 13.5 Å². The van der Waals surface area contributed by atoms with Crippen molar-refractivity contribution < 1.29 is 22.7 Å². The Hall–Kier alpha value is -3.31. The van der Waals surface area contributed by atoms with E-state index in [1.807, 2.05) is 33.8 Å². The fraction of sp³-hybridized carbons (Fsp3) is 0.480. The third-order valence-corrected chi connectivity index (χ3v) is 7.42. The largest absolute Gasteiger partial charge is 0.497 e. The predicted molar refractivity (Wildman–Crippen MR) is 142 cm³/mol. The summed E-state index contributed by atoms with van der Waals surface area (Å²) in [6, 6.07) is 11.2. The topological polar surface area (TPSA) is 154 Å². The Morgan fingerprint density at radius 2 is 1.95 bits per heavy atom. The fourth-order valence-corrected chi connectivity index (χ4v) is 5.53. The monoisotopic (exact) mass is 530 g/mol. The maximum atomic E-state index is 13.7. The van der Waals surface area contributed by atoms with Crippen molar-refractivity contribution in [1.82, 2.24) is 9.29 Å². The zero-order valence-corrected chi connectivity index (χ0v) is 22.5. The highest BCUT2D eigenvalue weighted by Crippen LogP contribution is 2.26. The molecule has 0 spiro atoms. The molecule has 200 valence electrons. The molecule has 12 heteroatoms. The van der Waals surface area contributed by atoms with Gasteiger partial charge in [-0.15, -0.1) is 0 Å². The minimum Gasteiger partial charge on any atom is -0.497 e. The van der Waals surface area contributed by atoms with Crippen molar-refractivity contribution >= 4 is 27.1 Å². The molecule has 0 amide bonds. The molecule has 0 unspecified atom stereocenters. The summed E-state index contributed by atoms with van der Waals surface area (Å²) in [5.74, 6) is 0.611. The summed E-state index contributed by atoms with van der Waals surface area (Å²) in [7, 11) is -2.47. The third kappa shape index (κ3) is 7.36. The molecule has 0 aliphatic carbocycles. The van der Waals surface area contributed by atoms with E-state index in [1.165, 1.54) is 16.4 Å². The Morgan fingerprint density at radius 3 is 2.59 bits per heavy atom. The van der Waals surface area contributed by atoms with Gasteiger partial charge in [0.1, 0.15) is 11.3 Å². The van der Waals surface area contributed by atoms with E-state index in [0.29, 0.717) is 22.9 Å². The van der Waals surface area contributed by atoms with Gasteiger partial charge >= 0.3 is 0 Å². The molecule has 3 aromatic rings. The normalized spacial score (nSPS) is 13.6. The van der Waals surface area contributed by atoms with E-state index in [2.05, 4.69) is 20.3 Å². The Bertz CT molecular complexity index is 1350. The van der Waals surface area contributed by atoms with Crippen LogP contribution in [0.4, 0.5) is 6.01 Å². The van der Waals surface area contributed by atoms with Gasteiger partial charge in [-0.1, -0.05) is 31.1 Å². The number of oxazole rings is 1. The smallest absolute Gasteiger partial charge is 0.295 e. The maximum Gasteiger partial charge on any atom is 0.295 e. The lowest BCUT2D eigenvalue weighted by molar-refractivity contribution is 0.116. The quantitative estimate of drug-likeness (QED) is 0.186. The van der Waals surface area contributed by atoms with Gasteiger partial charge in [-0.2, -0.15) is 9.29 Å². The summed E-state index contributed by atoms with van der Waals surface area (Å²) < 4.78 is 39.5. The molecule has 0 bridgehead atoms. The van der Waals surface area contributed by atoms with Crippen molar-refractivity contribution in [2.45, 2.75) is 57.2 Å². The van der Waals surface area contributed by atoms with Crippen LogP contribution in [-0.2, 0) is 16.4 Å². The zero-order chi connectivity index (χ0) is 27.2. The van der Waals surface area contributed by atoms with Gasteiger partial charge in [0.25, 0.3) is 6.01 Å². The summed E-state index contributed by atoms with van der Waals surface area (Å²) >= 11 is 0. The number of azide groups is 1. The Labute approximate surface area is 217 Å². The van der Waals surface area contributed by atoms with Crippen LogP contribution in [0.2, 0.25) is 0 Å². The van der Waals surface area contributed by atoms with Crippen molar-refractivity contribution in [2.75, 3.05) is 25.5 Å². The summed E-state index contributed by atoms with van der Waals surface area (Å²) in [6.07, 6.45) is -1.03. The number of methoxy groups -OCH3 is 1. The van der Waals surface area contributed by atoms with Crippen molar-refractivity contribution in [1.29, 1.82) is 0 Å². The van der Waals surface area contributed by atoms with Crippen LogP contribution in [0.5, 0.6) is 5.75 Å². The number of ether oxygens (including phenoxy) is 1. The van der Waals surface area contributed by atoms with Gasteiger partial charge in [0.2, 0.25) is 10.0 Å². The molecule has 37 heavy (non-hydrogen) atoms. The second-order valence-corrected chi connectivity index (χ2v) is 11.5. The first kappa shape index (κ1) is 28.3. The number of hydrogen-bond donors (Lipinski definition) is 2. The van der Waals surface area contributed by atoms with E-state index >= 15 is 0 Å². The molecule has 1 aromatic heterocycles. The van der Waals surface area contributed by atoms with Crippen molar-refractivity contribution in [3.63, 3.8) is 0 Å². The van der Waals surface area contributed by atoms with E-state index in [0.717, 1.165) is 5.56 Å². The lowest BCUT2D eigenvalue weighted by Crippen LogP contribution is -2.43. The second kappa shape index (κ2) is 12.3. The van der Waals surface area contributed by atoms with Gasteiger partial charge in [0.05, 0.1) is 24.2 Å². The van der Waals surface area contributed by atoms with Gasteiger partial charge in [-0.05, 0) is 61.5 Å². The molecule has 0 fully saturated rings. The number of rotatable bonds is 13. The minimum absolute atomic E-state index is 0.0193. The van der Waals surface area contributed by atoms with Crippen molar-refractivity contribution in [3.8, 4) is 5.75 Å². The van der Waals surface area contributed by atoms with Crippen LogP contribution in [0.1, 0.15) is 33.3 Å². The number of hydrogen-bond acceptors (Lipinski definition) is 8. The number of fused-ring (bicyclic) bond motifs is 1. The van der Waals surface area contributed by atoms with Gasteiger partial charge < -0.3 is 19.6 Å². The maximum absolute atomic E-state index is 13.7. The summed E-state index contributed by atoms with van der Waals surface area (Å²) in [5.41, 5.74) is 10.8. The molecular formula is C25H34N6O5S. The summed E-state index contributed by atoms with van der Waals surface area (Å²) in [6.45, 7) is 7.58. The number of anilines is 1. The highest BCUT2D eigenvalue weighted by molar-refractivity contribution is 7.89. The third-order valence-electron chi connectivity index (χ3n) is 5.59. The van der Waals surface area contributed by atoms with Crippen LogP contribution >= 0.6 is 0 Å². The van der Waals surface area contributed by atoms with E-state index in [1.54, 1.807) is 31.4 Å². The number of nitrogens with one attached hydrogen (secondary N) is 1. The first-order valence-electron chi connectivity index (χ1n) is 12.1. The zero-order valence-electron chi connectivity index (χ0n) is 21.7. The lowest BCUT2D eigenvalue weighted by atomic mass is 10.0. The second-order valence-electron chi connectivity index (χ2n) is 9.56. The summed E-state index contributed by atoms with van der Waals surface area (Å²) in [4.78, 5) is 7.24. The van der Waals surface area contributed by atoms with Crippen molar-refractivity contribution in [2.24, 2.45) is 11.0 Å². The highest BCUT2D eigenvalue weighted by atomic mass is 32.2. The van der Waals surface area contributed by atoms with Crippen molar-refractivity contribution in [3.05, 3.63) is 58.5 Å². The number of aliphatic hydroxyl groups excluding tert-OH is 1. The average Bonchev–Trinajstić information content (AvgIpc) is 3.24. The molecule has 11 nitrogen and oxygen atoms in total. The van der Waals surface area contributed by atoms with Gasteiger partial charge in [0.15, 0.2) is 5.58 Å². The van der Waals surface area contributed by atoms with Gasteiger partial charge in [-0.25, -0.2) is 8.42 Å². The van der Waals surface area contributed by atoms with E-state index in [4.69, 9.17) is 14.7 Å². The lowest BCUT2D eigenvalue weighted by Gasteiger charge is -2.28. The first-order chi connectivity index (χ1) is 17.5. The summed E-state index contributed by atoms with van der Waals surface area (Å²) in [5, 5.41) is 17.9. The minimum atomic E-state index is -4.02. The molecule has 0 saturated heterocycles. The molecule has 2 N–H and O–H groups in total. The first-order valence-corrected chi connectivity index (χ1v) is 13.5. The molecule has 1 heterocycles. The highest BCUT2D eigenvalue weighted by Gasteiger charge is 2.31. The molecular weight excluding hydrogens is 496 g/mol. The Morgan fingerprint density at radius 1 is 1.19 bits per heavy atom. The molecule has 3 rings (SSSR count). The molecule has 0 saturated carbocycles. The van der Waals surface area contributed by atoms with Crippen LogP contribution in [0.3, 0.4) is 0 Å². The van der Waals surface area contributed by atoms with Gasteiger partial charge in [0, 0.05) is 30.1 Å². The van der Waals surface area contributed by atoms with Crippen LogP contribution in [0.15, 0.2) is 56.9 Å². The van der Waals surface area contributed by atoms with Crippen LogP contribution in [-0.4, -0.2) is 61.2 Å². The predicted octanol–water partition coefficient (Wildman–Crippen LogP) is 4.59. The molecule has 0 aliphatic rings. The molecule has 0 radical (unpaired) electrons. The van der Waals surface area contributed by atoms with Crippen LogP contribution in [0, 0.1) is 5.92 Å². The Kier molecular flexibility index (Phi) is 9.39. The number of benzene rings is 2. The van der Waals surface area contributed by atoms with E-state index in [-0.39, 0.29) is 36.4 Å². The number of aromatic nitrogens is 1. The standard InChI is InChI=1S/C25H34N6O5S/c1-16(2)14-31(15-23(32)22(29-30-26)12-18-7-6-8-19(11-18)35-5)37(33,34)20-9-10-21-24(13-20)36-25(28-21)27-17(3)4/h6-11,13,16-17,22-23,32H,12,14-15H2,1-5H3,(H,27,28)/t22-,23+/m0/s1. The van der Waals surface area contributed by atoms with E-state index < -0.39 is 22.2 Å². The molecule has 2 aromatic carbocycles. The Balaban J connectivity index is 1.88. The molecule has 2 atom stereocenters. The fourth-order valence-electron chi connectivity index (χ4n) is 3.89.